The number of rotatable bonds is 8. The van der Waals surface area contributed by atoms with E-state index in [9.17, 15) is 26.4 Å². The second kappa shape index (κ2) is 14.6. The van der Waals surface area contributed by atoms with Gasteiger partial charge in [-0.2, -0.15) is 26.7 Å². The van der Waals surface area contributed by atoms with Crippen LogP contribution >= 0.6 is 22.6 Å². The van der Waals surface area contributed by atoms with Crippen LogP contribution in [0.15, 0.2) is 65.6 Å². The molecule has 0 radical (unpaired) electrons. The maximum atomic E-state index is 16.2. The van der Waals surface area contributed by atoms with Crippen LogP contribution < -0.4 is 15.2 Å². The summed E-state index contributed by atoms with van der Waals surface area (Å²) < 4.78 is 100. The molecule has 1 amide bonds. The third-order valence-corrected chi connectivity index (χ3v) is 11.2. The molecule has 3 aromatic rings. The van der Waals surface area contributed by atoms with Gasteiger partial charge < -0.3 is 20.5 Å². The molecule has 3 aromatic carbocycles. The maximum Gasteiger partial charge on any atom is 0.490 e. The first-order valence-electron chi connectivity index (χ1n) is 15.7. The van der Waals surface area contributed by atoms with Gasteiger partial charge in [-0.3, -0.25) is 4.79 Å². The van der Waals surface area contributed by atoms with E-state index in [4.69, 9.17) is 20.4 Å². The molecule has 1 saturated carbocycles. The number of halogens is 6. The number of hydrogen-bond donors (Lipinski definition) is 3. The van der Waals surface area contributed by atoms with Crippen molar-refractivity contribution in [2.45, 2.75) is 98.6 Å². The monoisotopic (exact) mass is 823 g/mol. The van der Waals surface area contributed by atoms with Crippen molar-refractivity contribution < 1.29 is 49.8 Å². The highest BCUT2D eigenvalue weighted by Gasteiger charge is 2.53. The number of carbonyl (C=O) groups is 2. The number of aliphatic carboxylic acids is 1. The molecule has 0 aromatic heterocycles. The van der Waals surface area contributed by atoms with Crippen molar-refractivity contribution in [1.82, 2.24) is 9.62 Å². The van der Waals surface area contributed by atoms with Crippen LogP contribution in [0, 0.1) is 3.57 Å². The van der Waals surface area contributed by atoms with Gasteiger partial charge in [-0.1, -0.05) is 24.3 Å². The fourth-order valence-electron chi connectivity index (χ4n) is 6.71. The summed E-state index contributed by atoms with van der Waals surface area (Å²) in [5, 5.41) is 8.51. The van der Waals surface area contributed by atoms with Crippen LogP contribution in [-0.2, 0) is 25.5 Å². The Kier molecular flexibility index (Phi) is 11.1. The smallest absolute Gasteiger partial charge is 0.490 e. The van der Waals surface area contributed by atoms with Crippen LogP contribution in [0.1, 0.15) is 56.9 Å². The van der Waals surface area contributed by atoms with E-state index in [0.717, 1.165) is 34.6 Å². The zero-order chi connectivity index (χ0) is 35.7. The summed E-state index contributed by atoms with van der Waals surface area (Å²) in [4.78, 5) is 24.1. The standard InChI is InChI=1S/C31H34F2IN3O4S.C2HF3O2/c32-31(33,21-7-9-22(34)10-8-21)29(30(38)37-24-11-12-25(37)18-23(35)17-24)36-42(39,40)28-14-6-19-15-27(13-5-20(19)16-28)41-26-3-1-2-4-26;3-2(4,5)1(6)7/h5-10,13-16,23-26,29,36H,1-4,11-12,17-18,35H2;(H,6,7)/t23?,24?,25?,29-;/m1./s1. The number of sulfonamides is 1. The molecular formula is C33H35F5IN3O6S. The number of hydrogen-bond acceptors (Lipinski definition) is 6. The van der Waals surface area contributed by atoms with Crippen molar-refractivity contribution in [3.05, 3.63) is 69.8 Å². The van der Waals surface area contributed by atoms with Crippen LogP contribution in [-0.4, -0.2) is 66.7 Å². The molecule has 49 heavy (non-hydrogen) atoms. The first-order chi connectivity index (χ1) is 23.0. The van der Waals surface area contributed by atoms with Gasteiger partial charge in [0, 0.05) is 27.3 Å². The molecule has 9 nitrogen and oxygen atoms in total. The topological polar surface area (TPSA) is 139 Å². The second-order valence-electron chi connectivity index (χ2n) is 12.5. The fraction of sp³-hybridized carbons (Fsp3) is 0.455. The van der Waals surface area contributed by atoms with E-state index < -0.39 is 45.6 Å². The number of fused-ring (bicyclic) bond motifs is 3. The zero-order valence-electron chi connectivity index (χ0n) is 26.0. The van der Waals surface area contributed by atoms with Crippen LogP contribution in [0.4, 0.5) is 22.0 Å². The number of carboxylic acids is 1. The minimum Gasteiger partial charge on any atom is -0.490 e. The highest BCUT2D eigenvalue weighted by molar-refractivity contribution is 14.1. The lowest BCUT2D eigenvalue weighted by molar-refractivity contribution is -0.192. The van der Waals surface area contributed by atoms with Crippen LogP contribution in [0.25, 0.3) is 10.8 Å². The normalized spacial score (nSPS) is 22.0. The second-order valence-corrected chi connectivity index (χ2v) is 15.5. The van der Waals surface area contributed by atoms with Crippen LogP contribution in [0.3, 0.4) is 0 Å². The molecule has 2 saturated heterocycles. The number of carbonyl (C=O) groups excluding carboxylic acids is 1. The number of benzene rings is 3. The summed E-state index contributed by atoms with van der Waals surface area (Å²) in [6.07, 6.45) is 1.75. The van der Waals surface area contributed by atoms with Crippen molar-refractivity contribution in [3.63, 3.8) is 0 Å². The third-order valence-electron chi connectivity index (χ3n) is 9.08. The molecule has 2 bridgehead atoms. The largest absolute Gasteiger partial charge is 0.490 e. The van der Waals surface area contributed by atoms with Gasteiger partial charge in [-0.05, 0) is 121 Å². The molecule has 4 N–H and O–H groups in total. The lowest BCUT2D eigenvalue weighted by Crippen LogP contribution is -2.60. The number of nitrogens with two attached hydrogens (primary N) is 1. The minimum absolute atomic E-state index is 0.111. The van der Waals surface area contributed by atoms with Gasteiger partial charge in [0.1, 0.15) is 5.75 Å². The van der Waals surface area contributed by atoms with Crippen molar-refractivity contribution in [3.8, 4) is 5.75 Å². The fourth-order valence-corrected chi connectivity index (χ4v) is 8.29. The summed E-state index contributed by atoms with van der Waals surface area (Å²) in [5.74, 6) is -6.78. The van der Waals surface area contributed by atoms with Gasteiger partial charge in [0.05, 0.1) is 11.0 Å². The number of piperidine rings is 1. The average Bonchev–Trinajstić information content (AvgIpc) is 3.64. The maximum absolute atomic E-state index is 16.2. The quantitative estimate of drug-likeness (QED) is 0.179. The number of nitrogens with one attached hydrogen (secondary N) is 1. The van der Waals surface area contributed by atoms with E-state index in [1.165, 1.54) is 41.3 Å². The van der Waals surface area contributed by atoms with Crippen LogP contribution in [0.2, 0.25) is 0 Å². The number of ether oxygens (including phenoxy) is 1. The lowest BCUT2D eigenvalue weighted by Gasteiger charge is -2.41. The van der Waals surface area contributed by atoms with Crippen molar-refractivity contribution >= 4 is 55.3 Å². The van der Waals surface area contributed by atoms with Gasteiger partial charge in [-0.15, -0.1) is 0 Å². The Morgan fingerprint density at radius 1 is 0.898 bits per heavy atom. The molecule has 3 atom stereocenters. The SMILES string of the molecule is NC1CC2CCC(C1)N2C(=O)[C@@H](NS(=O)(=O)c1ccc2cc(OC3CCCC3)ccc2c1)C(F)(F)c1ccc(I)cc1.O=C(O)C(F)(F)F. The zero-order valence-corrected chi connectivity index (χ0v) is 29.0. The molecule has 3 fully saturated rings. The van der Waals surface area contributed by atoms with Crippen molar-refractivity contribution in [1.29, 1.82) is 0 Å². The van der Waals surface area contributed by atoms with Crippen molar-refractivity contribution in [2.75, 3.05) is 0 Å². The summed E-state index contributed by atoms with van der Waals surface area (Å²) in [7, 11) is -4.52. The molecule has 2 aliphatic heterocycles. The predicted molar refractivity (Wildman–Crippen MR) is 179 cm³/mol. The molecule has 2 unspecified atom stereocenters. The molecular weight excluding hydrogens is 788 g/mol. The molecule has 266 valence electrons. The Labute approximate surface area is 293 Å². The third kappa shape index (κ3) is 8.63. The molecule has 2 heterocycles. The average molecular weight is 824 g/mol. The summed E-state index contributed by atoms with van der Waals surface area (Å²) in [5.41, 5.74) is 5.72. The highest BCUT2D eigenvalue weighted by atomic mass is 127. The lowest BCUT2D eigenvalue weighted by atomic mass is 9.95. The van der Waals surface area contributed by atoms with E-state index in [0.29, 0.717) is 36.8 Å². The van der Waals surface area contributed by atoms with Crippen molar-refractivity contribution in [2.24, 2.45) is 5.73 Å². The summed E-state index contributed by atoms with van der Waals surface area (Å²) in [6.45, 7) is 0. The molecule has 6 rings (SSSR count). The summed E-state index contributed by atoms with van der Waals surface area (Å²) in [6, 6.07) is 12.3. The molecule has 3 aliphatic rings. The van der Waals surface area contributed by atoms with E-state index >= 15 is 8.78 Å². The molecule has 1 aliphatic carbocycles. The Bertz CT molecular complexity index is 1770. The number of carboxylic acid groups (broad SMARTS) is 1. The van der Waals surface area contributed by atoms with Gasteiger partial charge in [0.2, 0.25) is 15.9 Å². The van der Waals surface area contributed by atoms with Gasteiger partial charge in [0.15, 0.2) is 6.04 Å². The predicted octanol–water partition coefficient (Wildman–Crippen LogP) is 6.32. The van der Waals surface area contributed by atoms with Crippen LogP contribution in [0.5, 0.6) is 5.75 Å². The minimum atomic E-state index is -5.08. The highest BCUT2D eigenvalue weighted by Crippen LogP contribution is 2.40. The first-order valence-corrected chi connectivity index (χ1v) is 18.3. The van der Waals surface area contributed by atoms with E-state index in [-0.39, 0.29) is 29.1 Å². The Balaban J connectivity index is 0.000000606. The van der Waals surface area contributed by atoms with E-state index in [2.05, 4.69) is 4.72 Å². The van der Waals surface area contributed by atoms with Gasteiger partial charge in [-0.25, -0.2) is 13.2 Å². The molecule has 0 spiro atoms. The first kappa shape index (κ1) is 37.2. The Hall–Kier alpha value is -3.09. The summed E-state index contributed by atoms with van der Waals surface area (Å²) >= 11 is 2.01. The van der Waals surface area contributed by atoms with E-state index in [1.54, 1.807) is 18.2 Å². The Morgan fingerprint density at radius 2 is 1.45 bits per heavy atom. The Morgan fingerprint density at radius 3 is 2.02 bits per heavy atom. The number of alkyl halides is 5. The van der Waals surface area contributed by atoms with E-state index in [1.807, 2.05) is 28.7 Å². The molecule has 16 heteroatoms. The number of nitrogens with zero attached hydrogens (tertiary/aromatic N) is 1. The van der Waals surface area contributed by atoms with Gasteiger partial charge in [0.25, 0.3) is 5.92 Å². The van der Waals surface area contributed by atoms with Gasteiger partial charge >= 0.3 is 12.1 Å². The number of amides is 1.